The summed E-state index contributed by atoms with van der Waals surface area (Å²) in [6.07, 6.45) is -0.704. The molecule has 0 spiro atoms. The molecule has 24 heavy (non-hydrogen) atoms. The van der Waals surface area contributed by atoms with Gasteiger partial charge in [0.2, 0.25) is 0 Å². The molecule has 1 aromatic heterocycles. The molecule has 3 atom stereocenters. The minimum atomic E-state index is -1.14. The monoisotopic (exact) mass is 332 g/mol. The van der Waals surface area contributed by atoms with E-state index >= 15 is 0 Å². The quantitative estimate of drug-likeness (QED) is 0.663. The number of carbonyl (C=O) groups is 1. The van der Waals surface area contributed by atoms with Crippen molar-refractivity contribution in [3.8, 4) is 0 Å². The Kier molecular flexibility index (Phi) is 4.38. The minimum absolute atomic E-state index is 0.0794. The molecule has 2 N–H and O–H groups in total. The summed E-state index contributed by atoms with van der Waals surface area (Å²) >= 11 is 0. The van der Waals surface area contributed by atoms with Crippen molar-refractivity contribution < 1.29 is 13.9 Å². The number of halogens is 1. The second kappa shape index (κ2) is 6.20. The van der Waals surface area contributed by atoms with Gasteiger partial charge in [0, 0.05) is 28.9 Å². The van der Waals surface area contributed by atoms with Crippen molar-refractivity contribution in [1.29, 1.82) is 0 Å². The number of hydrogen-bond donors (Lipinski definition) is 2. The highest BCUT2D eigenvalue weighted by atomic mass is 19.1. The van der Waals surface area contributed by atoms with Gasteiger partial charge >= 0.3 is 5.97 Å². The van der Waals surface area contributed by atoms with Crippen molar-refractivity contribution in [2.24, 2.45) is 11.3 Å². The Balaban J connectivity index is 1.81. The lowest BCUT2D eigenvalue weighted by Crippen LogP contribution is -2.38. The van der Waals surface area contributed by atoms with Crippen LogP contribution in [0, 0.1) is 18.3 Å². The van der Waals surface area contributed by atoms with E-state index < -0.39 is 17.9 Å². The van der Waals surface area contributed by atoms with Gasteiger partial charge in [0.1, 0.15) is 0 Å². The Morgan fingerprint density at radius 3 is 2.75 bits per heavy atom. The molecular formula is C19H25FN2O2. The number of alkyl halides is 1. The smallest absolute Gasteiger partial charge is 0.312 e. The third-order valence-electron chi connectivity index (χ3n) is 4.62. The van der Waals surface area contributed by atoms with Gasteiger partial charge in [-0.1, -0.05) is 18.2 Å². The molecule has 130 valence electrons. The van der Waals surface area contributed by atoms with Crippen molar-refractivity contribution in [1.82, 2.24) is 10.3 Å². The minimum Gasteiger partial charge on any atom is -0.446 e. The Hall–Kier alpha value is -1.88. The van der Waals surface area contributed by atoms with Gasteiger partial charge in [0.25, 0.3) is 0 Å². The summed E-state index contributed by atoms with van der Waals surface area (Å²) in [5.74, 6) is -0.390. The van der Waals surface area contributed by atoms with Crippen molar-refractivity contribution in [3.05, 3.63) is 35.5 Å². The lowest BCUT2D eigenvalue weighted by molar-refractivity contribution is -0.162. The van der Waals surface area contributed by atoms with E-state index in [0.717, 1.165) is 16.6 Å². The summed E-state index contributed by atoms with van der Waals surface area (Å²) in [5.41, 5.74) is 2.73. The number of esters is 1. The fraction of sp³-hybridized carbons (Fsp3) is 0.526. The average molecular weight is 332 g/mol. The molecule has 3 rings (SSSR count). The van der Waals surface area contributed by atoms with Gasteiger partial charge in [-0.2, -0.15) is 0 Å². The van der Waals surface area contributed by atoms with Crippen LogP contribution in [0.2, 0.25) is 0 Å². The number of fused-ring (bicyclic) bond motifs is 1. The lowest BCUT2D eigenvalue weighted by Gasteiger charge is -2.24. The standard InChI is InChI=1S/C19H25FN2O2/c1-11-14(13-7-5-6-8-15(13)21-11)9-12-10-16(20)22-17(12)24-18(23)19(2,3)4/h5-8,12,16-17,21-22H,9-10H2,1-4H3. The summed E-state index contributed by atoms with van der Waals surface area (Å²) in [6.45, 7) is 7.43. The first-order valence-corrected chi connectivity index (χ1v) is 8.43. The number of hydrogen-bond acceptors (Lipinski definition) is 3. The molecule has 2 aromatic rings. The van der Waals surface area contributed by atoms with E-state index in [-0.39, 0.29) is 11.9 Å². The fourth-order valence-electron chi connectivity index (χ4n) is 3.24. The average Bonchev–Trinajstić information content (AvgIpc) is 2.99. The maximum absolute atomic E-state index is 13.9. The molecule has 5 heteroatoms. The van der Waals surface area contributed by atoms with Crippen LogP contribution in [0.5, 0.6) is 0 Å². The van der Waals surface area contributed by atoms with Crippen LogP contribution in [0.4, 0.5) is 4.39 Å². The highest BCUT2D eigenvalue weighted by molar-refractivity contribution is 5.84. The van der Waals surface area contributed by atoms with Gasteiger partial charge in [0.15, 0.2) is 12.5 Å². The largest absolute Gasteiger partial charge is 0.446 e. The number of para-hydroxylation sites is 1. The zero-order chi connectivity index (χ0) is 17.5. The van der Waals surface area contributed by atoms with Gasteiger partial charge in [-0.25, -0.2) is 4.39 Å². The first kappa shape index (κ1) is 17.0. The maximum atomic E-state index is 13.9. The van der Waals surface area contributed by atoms with Crippen molar-refractivity contribution >= 4 is 16.9 Å². The van der Waals surface area contributed by atoms with Crippen LogP contribution in [-0.2, 0) is 16.0 Å². The zero-order valence-electron chi connectivity index (χ0n) is 14.7. The molecule has 1 fully saturated rings. The molecule has 0 radical (unpaired) electrons. The topological polar surface area (TPSA) is 54.1 Å². The van der Waals surface area contributed by atoms with Gasteiger partial charge < -0.3 is 9.72 Å². The second-order valence-electron chi connectivity index (χ2n) is 7.68. The van der Waals surface area contributed by atoms with E-state index in [9.17, 15) is 9.18 Å². The number of H-pyrrole nitrogens is 1. The number of rotatable bonds is 3. The number of carbonyl (C=O) groups excluding carboxylic acids is 1. The molecule has 0 aliphatic carbocycles. The summed E-state index contributed by atoms with van der Waals surface area (Å²) in [7, 11) is 0. The molecule has 0 amide bonds. The van der Waals surface area contributed by atoms with Crippen LogP contribution in [-0.4, -0.2) is 23.5 Å². The first-order chi connectivity index (χ1) is 11.3. The number of aromatic nitrogens is 1. The Morgan fingerprint density at radius 2 is 2.04 bits per heavy atom. The molecule has 0 saturated carbocycles. The van der Waals surface area contributed by atoms with Crippen molar-refractivity contribution in [3.63, 3.8) is 0 Å². The molecule has 3 unspecified atom stereocenters. The van der Waals surface area contributed by atoms with Crippen LogP contribution in [0.15, 0.2) is 24.3 Å². The number of nitrogens with one attached hydrogen (secondary N) is 2. The Bertz CT molecular complexity index is 747. The predicted octanol–water partition coefficient (Wildman–Crippen LogP) is 3.84. The van der Waals surface area contributed by atoms with Gasteiger partial charge in [0.05, 0.1) is 5.41 Å². The van der Waals surface area contributed by atoms with E-state index in [1.165, 1.54) is 5.56 Å². The number of benzene rings is 1. The molecule has 1 aliphatic heterocycles. The molecule has 4 nitrogen and oxygen atoms in total. The van der Waals surface area contributed by atoms with Crippen molar-refractivity contribution in [2.45, 2.75) is 53.1 Å². The summed E-state index contributed by atoms with van der Waals surface area (Å²) in [4.78, 5) is 15.5. The molecule has 1 saturated heterocycles. The van der Waals surface area contributed by atoms with Crippen LogP contribution < -0.4 is 5.32 Å². The maximum Gasteiger partial charge on any atom is 0.312 e. The summed E-state index contributed by atoms with van der Waals surface area (Å²) in [5, 5.41) is 3.92. The number of ether oxygens (including phenoxy) is 1. The molecule has 1 aromatic carbocycles. The molecule has 1 aliphatic rings. The Labute approximate surface area is 141 Å². The molecule has 2 heterocycles. The van der Waals surface area contributed by atoms with Crippen LogP contribution in [0.3, 0.4) is 0 Å². The summed E-state index contributed by atoms with van der Waals surface area (Å²) < 4.78 is 19.5. The van der Waals surface area contributed by atoms with E-state index in [4.69, 9.17) is 4.74 Å². The Morgan fingerprint density at radius 1 is 1.33 bits per heavy atom. The lowest BCUT2D eigenvalue weighted by atomic mass is 9.94. The first-order valence-electron chi connectivity index (χ1n) is 8.43. The highest BCUT2D eigenvalue weighted by Crippen LogP contribution is 2.32. The predicted molar refractivity (Wildman–Crippen MR) is 92.2 cm³/mol. The van der Waals surface area contributed by atoms with Gasteiger partial charge in [-0.05, 0) is 45.7 Å². The van der Waals surface area contributed by atoms with Crippen molar-refractivity contribution in [2.75, 3.05) is 0 Å². The molecular weight excluding hydrogens is 307 g/mol. The normalized spacial score (nSPS) is 24.5. The van der Waals surface area contributed by atoms with E-state index in [1.807, 2.05) is 25.1 Å². The third kappa shape index (κ3) is 3.31. The second-order valence-corrected chi connectivity index (χ2v) is 7.68. The van der Waals surface area contributed by atoms with E-state index in [0.29, 0.717) is 12.8 Å². The van der Waals surface area contributed by atoms with Crippen LogP contribution in [0.25, 0.3) is 10.9 Å². The SMILES string of the molecule is Cc1[nH]c2ccccc2c1CC1CC(F)NC1OC(=O)C(C)(C)C. The van der Waals surface area contributed by atoms with Crippen LogP contribution >= 0.6 is 0 Å². The van der Waals surface area contributed by atoms with Crippen LogP contribution in [0.1, 0.15) is 38.4 Å². The van der Waals surface area contributed by atoms with Gasteiger partial charge in [-0.3, -0.25) is 10.1 Å². The number of aromatic amines is 1. The van der Waals surface area contributed by atoms with E-state index in [1.54, 1.807) is 20.8 Å². The molecule has 0 bridgehead atoms. The highest BCUT2D eigenvalue weighted by Gasteiger charge is 2.38. The fourth-order valence-corrected chi connectivity index (χ4v) is 3.24. The number of aryl methyl sites for hydroxylation is 1. The zero-order valence-corrected chi connectivity index (χ0v) is 14.7. The summed E-state index contributed by atoms with van der Waals surface area (Å²) in [6, 6.07) is 8.10. The third-order valence-corrected chi connectivity index (χ3v) is 4.62. The van der Waals surface area contributed by atoms with E-state index in [2.05, 4.69) is 16.4 Å². The van der Waals surface area contributed by atoms with Gasteiger partial charge in [-0.15, -0.1) is 0 Å².